The molecule has 0 radical (unpaired) electrons. The van der Waals surface area contributed by atoms with Crippen LogP contribution in [0.2, 0.25) is 0 Å². The number of piperidine rings is 1. The maximum atomic E-state index is 12.4. The molecule has 1 N–H and O–H groups in total. The molecule has 122 valence electrons. The predicted molar refractivity (Wildman–Crippen MR) is 89.6 cm³/mol. The van der Waals surface area contributed by atoms with Gasteiger partial charge in [-0.15, -0.1) is 0 Å². The van der Waals surface area contributed by atoms with E-state index in [1.165, 1.54) is 0 Å². The SMILES string of the molecule is N#Cc1ccnc(OC2CCCN(C(=O)Nc3ccccc3)C2)c1. The first kappa shape index (κ1) is 15.8. The average molecular weight is 322 g/mol. The largest absolute Gasteiger partial charge is 0.472 e. The minimum atomic E-state index is -0.131. The first-order chi connectivity index (χ1) is 11.7. The van der Waals surface area contributed by atoms with Crippen LogP contribution < -0.4 is 10.1 Å². The second kappa shape index (κ2) is 7.47. The molecule has 24 heavy (non-hydrogen) atoms. The van der Waals surface area contributed by atoms with Crippen LogP contribution in [-0.2, 0) is 0 Å². The number of anilines is 1. The second-order valence-corrected chi connectivity index (χ2v) is 5.62. The van der Waals surface area contributed by atoms with E-state index in [2.05, 4.69) is 16.4 Å². The third-order valence-electron chi connectivity index (χ3n) is 3.84. The number of para-hydroxylation sites is 1. The van der Waals surface area contributed by atoms with Crippen molar-refractivity contribution >= 4 is 11.7 Å². The Hall–Kier alpha value is -3.07. The molecule has 0 saturated carbocycles. The Morgan fingerprint density at radius 3 is 2.96 bits per heavy atom. The van der Waals surface area contributed by atoms with Crippen molar-refractivity contribution in [2.75, 3.05) is 18.4 Å². The zero-order valence-electron chi connectivity index (χ0n) is 13.2. The lowest BCUT2D eigenvalue weighted by Crippen LogP contribution is -2.46. The van der Waals surface area contributed by atoms with Gasteiger partial charge in [0.1, 0.15) is 6.10 Å². The number of amides is 2. The summed E-state index contributed by atoms with van der Waals surface area (Å²) in [5, 5.41) is 11.8. The van der Waals surface area contributed by atoms with Crippen molar-refractivity contribution in [2.45, 2.75) is 18.9 Å². The number of hydrogen-bond donors (Lipinski definition) is 1. The van der Waals surface area contributed by atoms with Gasteiger partial charge in [0.05, 0.1) is 18.2 Å². The molecule has 2 amide bonds. The van der Waals surface area contributed by atoms with Crippen LogP contribution in [0, 0.1) is 11.3 Å². The van der Waals surface area contributed by atoms with Crippen molar-refractivity contribution in [3.8, 4) is 11.9 Å². The normalized spacial score (nSPS) is 17.0. The van der Waals surface area contributed by atoms with Gasteiger partial charge < -0.3 is 15.0 Å². The van der Waals surface area contributed by atoms with E-state index < -0.39 is 0 Å². The lowest BCUT2D eigenvalue weighted by atomic mass is 10.1. The lowest BCUT2D eigenvalue weighted by Gasteiger charge is -2.32. The monoisotopic (exact) mass is 322 g/mol. The van der Waals surface area contributed by atoms with Gasteiger partial charge in [0.2, 0.25) is 5.88 Å². The topological polar surface area (TPSA) is 78.2 Å². The van der Waals surface area contributed by atoms with Gasteiger partial charge in [-0.25, -0.2) is 9.78 Å². The number of likely N-dealkylation sites (tertiary alicyclic amines) is 1. The maximum absolute atomic E-state index is 12.4. The molecular weight excluding hydrogens is 304 g/mol. The number of urea groups is 1. The Labute approximate surface area is 140 Å². The highest BCUT2D eigenvalue weighted by molar-refractivity contribution is 5.89. The fraction of sp³-hybridized carbons (Fsp3) is 0.278. The summed E-state index contributed by atoms with van der Waals surface area (Å²) < 4.78 is 5.84. The molecule has 1 fully saturated rings. The summed E-state index contributed by atoms with van der Waals surface area (Å²) in [4.78, 5) is 18.2. The highest BCUT2D eigenvalue weighted by atomic mass is 16.5. The van der Waals surface area contributed by atoms with E-state index in [0.29, 0.717) is 24.5 Å². The number of ether oxygens (including phenoxy) is 1. The first-order valence-electron chi connectivity index (χ1n) is 7.88. The lowest BCUT2D eigenvalue weighted by molar-refractivity contribution is 0.102. The molecule has 1 saturated heterocycles. The molecule has 2 heterocycles. The van der Waals surface area contributed by atoms with E-state index >= 15 is 0 Å². The molecule has 1 aromatic heterocycles. The summed E-state index contributed by atoms with van der Waals surface area (Å²) in [5.74, 6) is 0.421. The highest BCUT2D eigenvalue weighted by Gasteiger charge is 2.25. The summed E-state index contributed by atoms with van der Waals surface area (Å²) in [6.45, 7) is 1.20. The number of nitrogens with zero attached hydrogens (tertiary/aromatic N) is 3. The summed E-state index contributed by atoms with van der Waals surface area (Å²) in [5.41, 5.74) is 1.28. The van der Waals surface area contributed by atoms with Gasteiger partial charge in [-0.3, -0.25) is 0 Å². The van der Waals surface area contributed by atoms with Crippen LogP contribution in [0.5, 0.6) is 5.88 Å². The molecule has 0 spiro atoms. The van der Waals surface area contributed by atoms with Crippen LogP contribution in [0.25, 0.3) is 0 Å². The third-order valence-corrected chi connectivity index (χ3v) is 3.84. The number of carbonyl (C=O) groups excluding carboxylic acids is 1. The van der Waals surface area contributed by atoms with Crippen LogP contribution in [-0.4, -0.2) is 35.1 Å². The van der Waals surface area contributed by atoms with E-state index in [9.17, 15) is 4.79 Å². The van der Waals surface area contributed by atoms with E-state index in [1.54, 1.807) is 23.2 Å². The van der Waals surface area contributed by atoms with E-state index in [1.807, 2.05) is 30.3 Å². The number of hydrogen-bond acceptors (Lipinski definition) is 4. The van der Waals surface area contributed by atoms with Gasteiger partial charge in [0.25, 0.3) is 0 Å². The van der Waals surface area contributed by atoms with E-state index in [4.69, 9.17) is 10.00 Å². The number of carbonyl (C=O) groups is 1. The van der Waals surface area contributed by atoms with Crippen molar-refractivity contribution in [3.63, 3.8) is 0 Å². The summed E-state index contributed by atoms with van der Waals surface area (Å²) in [6, 6.07) is 14.6. The number of benzene rings is 1. The van der Waals surface area contributed by atoms with E-state index in [-0.39, 0.29) is 12.1 Å². The van der Waals surface area contributed by atoms with Crippen LogP contribution in [0.15, 0.2) is 48.7 Å². The molecule has 1 atom stereocenters. The smallest absolute Gasteiger partial charge is 0.321 e. The van der Waals surface area contributed by atoms with Crippen molar-refractivity contribution in [2.24, 2.45) is 0 Å². The number of aromatic nitrogens is 1. The minimum Gasteiger partial charge on any atom is -0.472 e. The molecule has 6 heteroatoms. The van der Waals surface area contributed by atoms with Crippen molar-refractivity contribution in [1.82, 2.24) is 9.88 Å². The van der Waals surface area contributed by atoms with Crippen LogP contribution in [0.3, 0.4) is 0 Å². The molecule has 1 unspecified atom stereocenters. The zero-order chi connectivity index (χ0) is 16.8. The minimum absolute atomic E-state index is 0.123. The maximum Gasteiger partial charge on any atom is 0.321 e. The number of rotatable bonds is 3. The van der Waals surface area contributed by atoms with Gasteiger partial charge in [-0.1, -0.05) is 18.2 Å². The molecule has 0 bridgehead atoms. The van der Waals surface area contributed by atoms with Crippen LogP contribution in [0.4, 0.5) is 10.5 Å². The summed E-state index contributed by atoms with van der Waals surface area (Å²) >= 11 is 0. The Bertz CT molecular complexity index is 742. The average Bonchev–Trinajstić information content (AvgIpc) is 2.63. The van der Waals surface area contributed by atoms with E-state index in [0.717, 1.165) is 18.5 Å². The quantitative estimate of drug-likeness (QED) is 0.942. The molecule has 3 rings (SSSR count). The summed E-state index contributed by atoms with van der Waals surface area (Å²) in [7, 11) is 0. The molecule has 0 aliphatic carbocycles. The number of nitriles is 1. The molecule has 6 nitrogen and oxygen atoms in total. The molecular formula is C18H18N4O2. The Balaban J connectivity index is 1.59. The highest BCUT2D eigenvalue weighted by Crippen LogP contribution is 2.18. The Kier molecular flexibility index (Phi) is 4.92. The molecule has 1 aromatic carbocycles. The number of pyridine rings is 1. The third kappa shape index (κ3) is 4.02. The van der Waals surface area contributed by atoms with Gasteiger partial charge in [0, 0.05) is 24.5 Å². The number of nitrogens with one attached hydrogen (secondary N) is 1. The van der Waals surface area contributed by atoms with Gasteiger partial charge in [-0.2, -0.15) is 5.26 Å². The predicted octanol–water partition coefficient (Wildman–Crippen LogP) is 3.03. The molecule has 1 aliphatic heterocycles. The van der Waals surface area contributed by atoms with Crippen LogP contribution >= 0.6 is 0 Å². The van der Waals surface area contributed by atoms with Gasteiger partial charge in [0.15, 0.2) is 0 Å². The molecule has 2 aromatic rings. The van der Waals surface area contributed by atoms with Crippen molar-refractivity contribution in [1.29, 1.82) is 5.26 Å². The fourth-order valence-corrected chi connectivity index (χ4v) is 2.66. The van der Waals surface area contributed by atoms with Crippen molar-refractivity contribution in [3.05, 3.63) is 54.2 Å². The van der Waals surface area contributed by atoms with Crippen molar-refractivity contribution < 1.29 is 9.53 Å². The van der Waals surface area contributed by atoms with Gasteiger partial charge >= 0.3 is 6.03 Å². The second-order valence-electron chi connectivity index (χ2n) is 5.62. The Morgan fingerprint density at radius 2 is 2.17 bits per heavy atom. The standard InChI is InChI=1S/C18H18N4O2/c19-12-14-8-9-20-17(11-14)24-16-7-4-10-22(13-16)18(23)21-15-5-2-1-3-6-15/h1-3,5-6,8-9,11,16H,4,7,10,13H2,(H,21,23). The summed E-state index contributed by atoms with van der Waals surface area (Å²) in [6.07, 6.45) is 3.15. The Morgan fingerprint density at radius 1 is 1.33 bits per heavy atom. The zero-order valence-corrected chi connectivity index (χ0v) is 13.2. The fourth-order valence-electron chi connectivity index (χ4n) is 2.66. The first-order valence-corrected chi connectivity index (χ1v) is 7.88. The van der Waals surface area contributed by atoms with Gasteiger partial charge in [-0.05, 0) is 31.0 Å². The van der Waals surface area contributed by atoms with Crippen LogP contribution in [0.1, 0.15) is 18.4 Å². The molecule has 1 aliphatic rings.